The van der Waals surface area contributed by atoms with Gasteiger partial charge in [-0.05, 0) is 61.4 Å². The zero-order valence-electron chi connectivity index (χ0n) is 19.6. The third kappa shape index (κ3) is 7.58. The van der Waals surface area contributed by atoms with Crippen LogP contribution in [0, 0.1) is 0 Å². The van der Waals surface area contributed by atoms with Crippen LogP contribution in [0.5, 0.6) is 5.75 Å². The number of carbonyl (C=O) groups is 2. The van der Waals surface area contributed by atoms with Crippen molar-refractivity contribution in [3.63, 3.8) is 0 Å². The molecule has 0 heterocycles. The lowest BCUT2D eigenvalue weighted by Gasteiger charge is -2.14. The molecule has 0 aliphatic rings. The molecule has 184 valence electrons. The third-order valence-corrected chi connectivity index (χ3v) is 6.32. The minimum atomic E-state index is -3.97. The summed E-state index contributed by atoms with van der Waals surface area (Å²) in [5.41, 5.74) is 1.38. The average molecular weight is 497 g/mol. The van der Waals surface area contributed by atoms with Gasteiger partial charge in [0, 0.05) is 12.2 Å². The van der Waals surface area contributed by atoms with E-state index in [1.165, 1.54) is 31.2 Å². The molecule has 1 amide bonds. The highest BCUT2D eigenvalue weighted by Gasteiger charge is 2.21. The molecule has 1 unspecified atom stereocenters. The van der Waals surface area contributed by atoms with Crippen LogP contribution in [-0.2, 0) is 26.2 Å². The van der Waals surface area contributed by atoms with Crippen LogP contribution in [-0.4, -0.2) is 32.9 Å². The van der Waals surface area contributed by atoms with Crippen LogP contribution in [0.3, 0.4) is 0 Å². The maximum Gasteiger partial charge on any atom is 0.338 e. The van der Waals surface area contributed by atoms with E-state index in [4.69, 9.17) is 9.47 Å². The number of hydrogen-bond donors (Lipinski definition) is 2. The second-order valence-corrected chi connectivity index (χ2v) is 9.45. The number of hydrogen-bond acceptors (Lipinski definition) is 6. The van der Waals surface area contributed by atoms with Crippen LogP contribution in [0.2, 0.25) is 0 Å². The Kier molecular flexibility index (Phi) is 8.86. The minimum Gasteiger partial charge on any atom is -0.489 e. The van der Waals surface area contributed by atoms with Crippen LogP contribution >= 0.6 is 0 Å². The van der Waals surface area contributed by atoms with Gasteiger partial charge < -0.3 is 14.8 Å². The summed E-state index contributed by atoms with van der Waals surface area (Å²) in [5, 5.41) is 2.64. The third-order valence-electron chi connectivity index (χ3n) is 4.94. The first kappa shape index (κ1) is 25.8. The van der Waals surface area contributed by atoms with E-state index >= 15 is 0 Å². The molecule has 0 bridgehead atoms. The number of rotatable bonds is 11. The monoisotopic (exact) mass is 496 g/mol. The second kappa shape index (κ2) is 12.0. The number of carbonyl (C=O) groups excluding carboxylic acids is 2. The van der Waals surface area contributed by atoms with Gasteiger partial charge in [0.25, 0.3) is 15.9 Å². The lowest BCUT2D eigenvalue weighted by atomic mass is 10.2. The average Bonchev–Trinajstić information content (AvgIpc) is 2.87. The van der Waals surface area contributed by atoms with Crippen molar-refractivity contribution in [2.75, 3.05) is 11.3 Å². The van der Waals surface area contributed by atoms with E-state index in [1.54, 1.807) is 24.3 Å². The number of benzene rings is 3. The van der Waals surface area contributed by atoms with E-state index in [1.807, 2.05) is 37.3 Å². The Balaban J connectivity index is 1.62. The zero-order valence-corrected chi connectivity index (χ0v) is 20.4. The van der Waals surface area contributed by atoms with Gasteiger partial charge in [-0.25, -0.2) is 13.2 Å². The Morgan fingerprint density at radius 1 is 0.943 bits per heavy atom. The molecule has 0 fully saturated rings. The van der Waals surface area contributed by atoms with Crippen molar-refractivity contribution in [3.8, 4) is 5.75 Å². The number of amides is 1. The Hall–Kier alpha value is -3.85. The number of anilines is 1. The number of ether oxygens (including phenoxy) is 2. The summed E-state index contributed by atoms with van der Waals surface area (Å²) in [6, 6.07) is 21.6. The highest BCUT2D eigenvalue weighted by Crippen LogP contribution is 2.21. The topological polar surface area (TPSA) is 111 Å². The van der Waals surface area contributed by atoms with Gasteiger partial charge in [0.05, 0.1) is 10.5 Å². The van der Waals surface area contributed by atoms with Crippen molar-refractivity contribution in [3.05, 3.63) is 90.0 Å². The molecule has 2 N–H and O–H groups in total. The molecule has 0 saturated heterocycles. The van der Waals surface area contributed by atoms with E-state index < -0.39 is 28.0 Å². The predicted octanol–water partition coefficient (Wildman–Crippen LogP) is 4.14. The van der Waals surface area contributed by atoms with Crippen LogP contribution in [0.4, 0.5) is 5.69 Å². The van der Waals surface area contributed by atoms with Gasteiger partial charge in [-0.2, -0.15) is 0 Å². The fourth-order valence-corrected chi connectivity index (χ4v) is 4.14. The summed E-state index contributed by atoms with van der Waals surface area (Å²) in [6.45, 7) is 4.23. The maximum atomic E-state index is 12.9. The second-order valence-electron chi connectivity index (χ2n) is 7.77. The summed E-state index contributed by atoms with van der Waals surface area (Å²) in [6.07, 6.45) is -0.252. The molecule has 8 nitrogen and oxygen atoms in total. The van der Waals surface area contributed by atoms with Gasteiger partial charge >= 0.3 is 5.97 Å². The summed E-state index contributed by atoms with van der Waals surface area (Å²) in [4.78, 5) is 24.3. The number of sulfonamides is 1. The quantitative estimate of drug-likeness (QED) is 0.386. The van der Waals surface area contributed by atoms with Crippen molar-refractivity contribution in [2.24, 2.45) is 0 Å². The van der Waals surface area contributed by atoms with Gasteiger partial charge in [-0.1, -0.05) is 43.3 Å². The summed E-state index contributed by atoms with van der Waals surface area (Å²) < 4.78 is 39.1. The zero-order chi connectivity index (χ0) is 25.3. The van der Waals surface area contributed by atoms with Crippen LogP contribution < -0.4 is 14.8 Å². The Bertz CT molecular complexity index is 1240. The Morgan fingerprint density at radius 2 is 1.66 bits per heavy atom. The van der Waals surface area contributed by atoms with E-state index in [-0.39, 0.29) is 10.5 Å². The van der Waals surface area contributed by atoms with Crippen molar-refractivity contribution in [2.45, 2.75) is 37.9 Å². The van der Waals surface area contributed by atoms with Crippen molar-refractivity contribution in [1.82, 2.24) is 5.32 Å². The Labute approximate surface area is 205 Å². The first-order valence-corrected chi connectivity index (χ1v) is 12.6. The fraction of sp³-hybridized carbons (Fsp3) is 0.231. The van der Waals surface area contributed by atoms with Crippen molar-refractivity contribution in [1.29, 1.82) is 0 Å². The van der Waals surface area contributed by atoms with Crippen LogP contribution in [0.15, 0.2) is 83.8 Å². The highest BCUT2D eigenvalue weighted by molar-refractivity contribution is 7.92. The molecular formula is C26H28N2O6S. The largest absolute Gasteiger partial charge is 0.489 e. The van der Waals surface area contributed by atoms with Crippen LogP contribution in [0.1, 0.15) is 36.2 Å². The van der Waals surface area contributed by atoms with E-state index in [2.05, 4.69) is 10.0 Å². The molecular weight excluding hydrogens is 468 g/mol. The van der Waals surface area contributed by atoms with Crippen molar-refractivity contribution >= 4 is 27.6 Å². The lowest BCUT2D eigenvalue weighted by molar-refractivity contribution is -0.129. The first-order chi connectivity index (χ1) is 16.8. The minimum absolute atomic E-state index is 0.0210. The van der Waals surface area contributed by atoms with E-state index in [9.17, 15) is 18.0 Å². The normalized spacial score (nSPS) is 11.8. The highest BCUT2D eigenvalue weighted by atomic mass is 32.2. The molecule has 3 rings (SSSR count). The molecule has 0 saturated carbocycles. The molecule has 3 aromatic rings. The molecule has 3 aromatic carbocycles. The SMILES string of the molecule is CCCNC(=O)C(C)OC(=O)c1cccc(S(=O)(=O)Nc2ccc(OCc3ccccc3)cc2)c1. The van der Waals surface area contributed by atoms with Crippen molar-refractivity contribution < 1.29 is 27.5 Å². The maximum absolute atomic E-state index is 12.9. The molecule has 0 spiro atoms. The van der Waals surface area contributed by atoms with Gasteiger partial charge in [-0.15, -0.1) is 0 Å². The smallest absolute Gasteiger partial charge is 0.338 e. The fourth-order valence-electron chi connectivity index (χ4n) is 3.04. The van der Waals surface area contributed by atoms with Gasteiger partial charge in [0.15, 0.2) is 6.10 Å². The molecule has 9 heteroatoms. The van der Waals surface area contributed by atoms with E-state index in [0.29, 0.717) is 24.6 Å². The number of nitrogens with one attached hydrogen (secondary N) is 2. The Morgan fingerprint density at radius 3 is 2.34 bits per heavy atom. The molecule has 0 aliphatic carbocycles. The molecule has 0 aromatic heterocycles. The summed E-state index contributed by atoms with van der Waals surface area (Å²) in [5.74, 6) is -0.610. The van der Waals surface area contributed by atoms with Gasteiger partial charge in [0.1, 0.15) is 12.4 Å². The first-order valence-electron chi connectivity index (χ1n) is 11.2. The number of esters is 1. The van der Waals surface area contributed by atoms with Gasteiger partial charge in [-0.3, -0.25) is 9.52 Å². The summed E-state index contributed by atoms with van der Waals surface area (Å²) in [7, 11) is -3.97. The van der Waals surface area contributed by atoms with E-state index in [0.717, 1.165) is 12.0 Å². The standard InChI is InChI=1S/C26H28N2O6S/c1-3-16-27-25(29)19(2)34-26(30)21-10-7-11-24(17-21)35(31,32)28-22-12-14-23(15-13-22)33-18-20-8-5-4-6-9-20/h4-15,17,19,28H,3,16,18H2,1-2H3,(H,27,29). The summed E-state index contributed by atoms with van der Waals surface area (Å²) >= 11 is 0. The molecule has 1 atom stereocenters. The molecule has 35 heavy (non-hydrogen) atoms. The van der Waals surface area contributed by atoms with Gasteiger partial charge in [0.2, 0.25) is 0 Å². The lowest BCUT2D eigenvalue weighted by Crippen LogP contribution is -2.36. The van der Waals surface area contributed by atoms with Crippen LogP contribution in [0.25, 0.3) is 0 Å². The molecule has 0 aliphatic heterocycles. The molecule has 0 radical (unpaired) electrons. The predicted molar refractivity (Wildman–Crippen MR) is 133 cm³/mol.